The zero-order valence-corrected chi connectivity index (χ0v) is 9.68. The van der Waals surface area contributed by atoms with Crippen molar-refractivity contribution in [2.75, 3.05) is 31.7 Å². The minimum Gasteiger partial charge on any atom is -0.394 e. The van der Waals surface area contributed by atoms with E-state index in [2.05, 4.69) is 5.32 Å². The molecule has 94 valence electrons. The smallest absolute Gasteiger partial charge is 0.274 e. The third kappa shape index (κ3) is 4.01. The third-order valence-corrected chi connectivity index (χ3v) is 2.30. The van der Waals surface area contributed by atoms with Crippen molar-refractivity contribution in [3.63, 3.8) is 0 Å². The Bertz CT molecular complexity index is 382. The molecule has 1 aromatic rings. The molecule has 0 aliphatic rings. The number of aliphatic hydroxyl groups is 1. The summed E-state index contributed by atoms with van der Waals surface area (Å²) in [5.74, 6) is 0. The van der Waals surface area contributed by atoms with Gasteiger partial charge >= 0.3 is 0 Å². The van der Waals surface area contributed by atoms with E-state index in [1.807, 2.05) is 0 Å². The summed E-state index contributed by atoms with van der Waals surface area (Å²) >= 11 is 0. The van der Waals surface area contributed by atoms with Crippen molar-refractivity contribution >= 4 is 11.4 Å². The zero-order chi connectivity index (χ0) is 12.7. The lowest BCUT2D eigenvalue weighted by atomic mass is 10.1. The minimum atomic E-state index is -0.400. The maximum Gasteiger partial charge on any atom is 0.274 e. The lowest BCUT2D eigenvalue weighted by molar-refractivity contribution is -0.385. The summed E-state index contributed by atoms with van der Waals surface area (Å²) in [4.78, 5) is 10.3. The van der Waals surface area contributed by atoms with Gasteiger partial charge < -0.3 is 15.2 Å². The molecule has 6 nitrogen and oxygen atoms in total. The first-order valence-corrected chi connectivity index (χ1v) is 5.33. The van der Waals surface area contributed by atoms with E-state index in [-0.39, 0.29) is 12.3 Å². The molecular weight excluding hydrogens is 224 g/mol. The van der Waals surface area contributed by atoms with Gasteiger partial charge in [0.05, 0.1) is 24.7 Å². The average Bonchev–Trinajstić information content (AvgIpc) is 2.30. The molecular formula is C11H16N2O4. The standard InChI is InChI=1S/C11H16N2O4/c1-9-10(12-5-7-17-8-6-14)3-2-4-11(9)13(15)16/h2-4,12,14H,5-8H2,1H3. The fraction of sp³-hybridized carbons (Fsp3) is 0.455. The lowest BCUT2D eigenvalue weighted by Gasteiger charge is -2.09. The number of rotatable bonds is 7. The Kier molecular flexibility index (Phi) is 5.38. The van der Waals surface area contributed by atoms with Gasteiger partial charge in [0.15, 0.2) is 0 Å². The van der Waals surface area contributed by atoms with Crippen molar-refractivity contribution in [3.05, 3.63) is 33.9 Å². The second-order valence-electron chi connectivity index (χ2n) is 3.47. The van der Waals surface area contributed by atoms with E-state index in [0.29, 0.717) is 25.3 Å². The van der Waals surface area contributed by atoms with Gasteiger partial charge in [-0.2, -0.15) is 0 Å². The number of benzene rings is 1. The SMILES string of the molecule is Cc1c(NCCOCCO)cccc1[N+](=O)[O-]. The molecule has 0 saturated heterocycles. The molecule has 0 aliphatic heterocycles. The predicted molar refractivity (Wildman–Crippen MR) is 64.2 cm³/mol. The van der Waals surface area contributed by atoms with Crippen molar-refractivity contribution < 1.29 is 14.8 Å². The van der Waals surface area contributed by atoms with Crippen LogP contribution in [0, 0.1) is 17.0 Å². The van der Waals surface area contributed by atoms with Gasteiger partial charge in [-0.25, -0.2) is 0 Å². The number of nitro benzene ring substituents is 1. The van der Waals surface area contributed by atoms with Crippen molar-refractivity contribution in [3.8, 4) is 0 Å². The number of nitrogens with zero attached hydrogens (tertiary/aromatic N) is 1. The van der Waals surface area contributed by atoms with Crippen LogP contribution in [-0.2, 0) is 4.74 Å². The van der Waals surface area contributed by atoms with Gasteiger partial charge in [0.2, 0.25) is 0 Å². The highest BCUT2D eigenvalue weighted by atomic mass is 16.6. The van der Waals surface area contributed by atoms with Crippen LogP contribution in [0.15, 0.2) is 18.2 Å². The first-order chi connectivity index (χ1) is 8.16. The summed E-state index contributed by atoms with van der Waals surface area (Å²) in [6.07, 6.45) is 0. The quantitative estimate of drug-likeness (QED) is 0.426. The van der Waals surface area contributed by atoms with Crippen LogP contribution in [0.3, 0.4) is 0 Å². The predicted octanol–water partition coefficient (Wildman–Crippen LogP) is 1.32. The molecule has 0 aliphatic carbocycles. The second kappa shape index (κ2) is 6.82. The van der Waals surface area contributed by atoms with E-state index in [0.717, 1.165) is 5.69 Å². The molecule has 1 rings (SSSR count). The van der Waals surface area contributed by atoms with Crippen molar-refractivity contribution in [2.24, 2.45) is 0 Å². The Hall–Kier alpha value is -1.66. The normalized spacial score (nSPS) is 10.2. The van der Waals surface area contributed by atoms with Crippen molar-refractivity contribution in [1.82, 2.24) is 0 Å². The minimum absolute atomic E-state index is 0.00413. The van der Waals surface area contributed by atoms with Crippen LogP contribution in [0.5, 0.6) is 0 Å². The number of ether oxygens (including phenoxy) is 1. The first kappa shape index (κ1) is 13.4. The van der Waals surface area contributed by atoms with Crippen molar-refractivity contribution in [1.29, 1.82) is 0 Å². The van der Waals surface area contributed by atoms with E-state index >= 15 is 0 Å². The molecule has 0 unspecified atom stereocenters. The number of aliphatic hydroxyl groups excluding tert-OH is 1. The molecule has 17 heavy (non-hydrogen) atoms. The monoisotopic (exact) mass is 240 g/mol. The Labute approximate surface area is 99.4 Å². The summed E-state index contributed by atoms with van der Waals surface area (Å²) < 4.78 is 5.08. The summed E-state index contributed by atoms with van der Waals surface area (Å²) in [7, 11) is 0. The van der Waals surface area contributed by atoms with Gasteiger partial charge in [0.25, 0.3) is 5.69 Å². The van der Waals surface area contributed by atoms with E-state index in [1.165, 1.54) is 6.07 Å². The van der Waals surface area contributed by atoms with E-state index in [4.69, 9.17) is 9.84 Å². The van der Waals surface area contributed by atoms with Gasteiger partial charge in [-0.15, -0.1) is 0 Å². The molecule has 0 saturated carbocycles. The molecule has 0 bridgehead atoms. The number of nitro groups is 1. The highest BCUT2D eigenvalue weighted by Crippen LogP contribution is 2.24. The van der Waals surface area contributed by atoms with Gasteiger partial charge in [0.1, 0.15) is 0 Å². The van der Waals surface area contributed by atoms with E-state index < -0.39 is 4.92 Å². The van der Waals surface area contributed by atoms with Crippen LogP contribution in [-0.4, -0.2) is 36.4 Å². The van der Waals surface area contributed by atoms with Crippen LogP contribution >= 0.6 is 0 Å². The maximum atomic E-state index is 10.7. The molecule has 0 spiro atoms. The van der Waals surface area contributed by atoms with Gasteiger partial charge in [-0.05, 0) is 13.0 Å². The maximum absolute atomic E-state index is 10.7. The van der Waals surface area contributed by atoms with Gasteiger partial charge in [0, 0.05) is 23.9 Å². The second-order valence-corrected chi connectivity index (χ2v) is 3.47. The van der Waals surface area contributed by atoms with E-state index in [9.17, 15) is 10.1 Å². The molecule has 0 atom stereocenters. The Morgan fingerprint density at radius 2 is 2.24 bits per heavy atom. The number of nitrogens with one attached hydrogen (secondary N) is 1. The highest BCUT2D eigenvalue weighted by molar-refractivity contribution is 5.59. The summed E-state index contributed by atoms with van der Waals surface area (Å²) in [6, 6.07) is 4.90. The molecule has 0 amide bonds. The molecule has 2 N–H and O–H groups in total. The average molecular weight is 240 g/mol. The lowest BCUT2D eigenvalue weighted by Crippen LogP contribution is -2.12. The largest absolute Gasteiger partial charge is 0.394 e. The van der Waals surface area contributed by atoms with Gasteiger partial charge in [-0.3, -0.25) is 10.1 Å². The third-order valence-electron chi connectivity index (χ3n) is 2.30. The summed E-state index contributed by atoms with van der Waals surface area (Å²) in [5.41, 5.74) is 1.44. The number of anilines is 1. The summed E-state index contributed by atoms with van der Waals surface area (Å²) in [5, 5.41) is 22.3. The zero-order valence-electron chi connectivity index (χ0n) is 9.68. The molecule has 0 radical (unpaired) electrons. The van der Waals surface area contributed by atoms with Crippen LogP contribution < -0.4 is 5.32 Å². The Morgan fingerprint density at radius 3 is 2.88 bits per heavy atom. The van der Waals surface area contributed by atoms with Crippen LogP contribution in [0.4, 0.5) is 11.4 Å². The fourth-order valence-corrected chi connectivity index (χ4v) is 1.44. The van der Waals surface area contributed by atoms with E-state index in [1.54, 1.807) is 19.1 Å². The van der Waals surface area contributed by atoms with Crippen LogP contribution in [0.2, 0.25) is 0 Å². The molecule has 0 heterocycles. The van der Waals surface area contributed by atoms with Crippen LogP contribution in [0.25, 0.3) is 0 Å². The van der Waals surface area contributed by atoms with Crippen molar-refractivity contribution in [2.45, 2.75) is 6.92 Å². The molecule has 6 heteroatoms. The number of hydrogen-bond donors (Lipinski definition) is 2. The van der Waals surface area contributed by atoms with Crippen LogP contribution in [0.1, 0.15) is 5.56 Å². The molecule has 0 fully saturated rings. The van der Waals surface area contributed by atoms with Gasteiger partial charge in [-0.1, -0.05) is 6.07 Å². The molecule has 0 aromatic heterocycles. The fourth-order valence-electron chi connectivity index (χ4n) is 1.44. The summed E-state index contributed by atoms with van der Waals surface area (Å²) in [6.45, 7) is 2.99. The Morgan fingerprint density at radius 1 is 1.47 bits per heavy atom. The molecule has 1 aromatic carbocycles. The first-order valence-electron chi connectivity index (χ1n) is 5.33. The Balaban J connectivity index is 2.54. The topological polar surface area (TPSA) is 84.6 Å². The highest BCUT2D eigenvalue weighted by Gasteiger charge is 2.12. The number of hydrogen-bond acceptors (Lipinski definition) is 5.